The summed E-state index contributed by atoms with van der Waals surface area (Å²) in [5.74, 6) is 1.28. The number of methoxy groups -OCH3 is 1. The molecule has 3 aromatic carbocycles. The Morgan fingerprint density at radius 3 is 2.44 bits per heavy atom. The van der Waals surface area contributed by atoms with Crippen LogP contribution in [0.15, 0.2) is 84.0 Å². The zero-order valence-corrected chi connectivity index (χ0v) is 19.8. The average Bonchev–Trinajstić information content (AvgIpc) is 3.24. The summed E-state index contributed by atoms with van der Waals surface area (Å²) < 4.78 is 21.0. The van der Waals surface area contributed by atoms with Crippen LogP contribution in [-0.2, 0) is 19.2 Å². The molecule has 0 bridgehead atoms. The molecule has 174 valence electrons. The summed E-state index contributed by atoms with van der Waals surface area (Å²) in [6.07, 6.45) is 0.548. The van der Waals surface area contributed by atoms with Crippen LogP contribution in [0.1, 0.15) is 33.4 Å². The molecule has 0 saturated heterocycles. The van der Waals surface area contributed by atoms with Crippen LogP contribution in [0.25, 0.3) is 0 Å². The lowest BCUT2D eigenvalue weighted by Gasteiger charge is -2.19. The van der Waals surface area contributed by atoms with E-state index >= 15 is 0 Å². The van der Waals surface area contributed by atoms with E-state index in [1.54, 1.807) is 43.5 Å². The van der Waals surface area contributed by atoms with Gasteiger partial charge in [0.1, 0.15) is 11.6 Å². The van der Waals surface area contributed by atoms with Crippen molar-refractivity contribution >= 4 is 17.7 Å². The summed E-state index contributed by atoms with van der Waals surface area (Å²) in [5, 5.41) is 12.4. The Morgan fingerprint density at radius 2 is 1.74 bits per heavy atom. The van der Waals surface area contributed by atoms with Gasteiger partial charge in [-0.05, 0) is 47.9 Å². The van der Waals surface area contributed by atoms with Crippen molar-refractivity contribution < 1.29 is 13.9 Å². The van der Waals surface area contributed by atoms with E-state index in [0.29, 0.717) is 40.0 Å². The summed E-state index contributed by atoms with van der Waals surface area (Å²) >= 11 is 1.40. The molecular weight excluding hydrogens is 451 g/mol. The van der Waals surface area contributed by atoms with Crippen molar-refractivity contribution in [3.63, 3.8) is 0 Å². The highest BCUT2D eigenvalue weighted by Gasteiger charge is 2.23. The molecule has 34 heavy (non-hydrogen) atoms. The predicted molar refractivity (Wildman–Crippen MR) is 130 cm³/mol. The van der Waals surface area contributed by atoms with Gasteiger partial charge in [0.05, 0.1) is 13.2 Å². The Kier molecular flexibility index (Phi) is 7.59. The number of benzene rings is 3. The second kappa shape index (κ2) is 11.0. The van der Waals surface area contributed by atoms with Gasteiger partial charge < -0.3 is 14.6 Å². The third-order valence-electron chi connectivity index (χ3n) is 5.44. The van der Waals surface area contributed by atoms with E-state index in [0.717, 1.165) is 5.56 Å². The number of nitrogens with zero attached hydrogens (tertiary/aromatic N) is 3. The van der Waals surface area contributed by atoms with E-state index in [2.05, 4.69) is 15.5 Å². The van der Waals surface area contributed by atoms with E-state index in [1.165, 1.54) is 17.8 Å². The molecule has 1 N–H and O–H groups in total. The van der Waals surface area contributed by atoms with Crippen molar-refractivity contribution in [2.24, 2.45) is 7.05 Å². The number of ether oxygens (including phenoxy) is 1. The van der Waals surface area contributed by atoms with Gasteiger partial charge in [-0.15, -0.1) is 10.2 Å². The van der Waals surface area contributed by atoms with Gasteiger partial charge in [0.25, 0.3) is 5.91 Å². The fourth-order valence-electron chi connectivity index (χ4n) is 3.55. The summed E-state index contributed by atoms with van der Waals surface area (Å²) in [5.41, 5.74) is 2.19. The highest BCUT2D eigenvalue weighted by molar-refractivity contribution is 7.98. The van der Waals surface area contributed by atoms with Crippen molar-refractivity contribution in [3.05, 3.63) is 107 Å². The molecule has 0 fully saturated rings. The van der Waals surface area contributed by atoms with Crippen LogP contribution in [0.5, 0.6) is 5.75 Å². The summed E-state index contributed by atoms with van der Waals surface area (Å²) in [4.78, 5) is 13.0. The molecule has 1 amide bonds. The van der Waals surface area contributed by atoms with Crippen LogP contribution in [0, 0.1) is 5.82 Å². The summed E-state index contributed by atoms with van der Waals surface area (Å²) in [6.45, 7) is 0. The minimum absolute atomic E-state index is 0.216. The van der Waals surface area contributed by atoms with Crippen molar-refractivity contribution in [2.75, 3.05) is 7.11 Å². The topological polar surface area (TPSA) is 69.0 Å². The molecule has 8 heteroatoms. The lowest BCUT2D eigenvalue weighted by molar-refractivity contribution is 0.0934. The van der Waals surface area contributed by atoms with Crippen molar-refractivity contribution in [1.29, 1.82) is 0 Å². The van der Waals surface area contributed by atoms with Crippen molar-refractivity contribution in [3.8, 4) is 5.75 Å². The Labute approximate surface area is 202 Å². The standard InChI is InChI=1S/C26H25FN4O2S/c1-31-24(29-30-26(31)34-17-20-10-6-7-11-22(20)27)23(16-18-8-4-3-5-9-18)28-25(32)19-12-14-21(33-2)15-13-19/h3-15,23H,16-17H2,1-2H3,(H,28,32). The lowest BCUT2D eigenvalue weighted by Crippen LogP contribution is -2.31. The number of hydrogen-bond acceptors (Lipinski definition) is 5. The quantitative estimate of drug-likeness (QED) is 0.346. The van der Waals surface area contributed by atoms with E-state index in [1.807, 2.05) is 48.0 Å². The van der Waals surface area contributed by atoms with Crippen LogP contribution in [0.4, 0.5) is 4.39 Å². The Morgan fingerprint density at radius 1 is 1.03 bits per heavy atom. The molecule has 0 aliphatic carbocycles. The first kappa shape index (κ1) is 23.5. The minimum Gasteiger partial charge on any atom is -0.497 e. The van der Waals surface area contributed by atoms with Crippen molar-refractivity contribution in [1.82, 2.24) is 20.1 Å². The largest absolute Gasteiger partial charge is 0.497 e. The second-order valence-corrected chi connectivity index (χ2v) is 8.67. The Balaban J connectivity index is 1.56. The molecule has 1 heterocycles. The number of rotatable bonds is 9. The lowest BCUT2D eigenvalue weighted by atomic mass is 10.0. The predicted octanol–water partition coefficient (Wildman–Crippen LogP) is 4.97. The van der Waals surface area contributed by atoms with Gasteiger partial charge in [-0.25, -0.2) is 4.39 Å². The fraction of sp³-hybridized carbons (Fsp3) is 0.192. The number of thioether (sulfide) groups is 1. The number of nitrogens with one attached hydrogen (secondary N) is 1. The van der Waals surface area contributed by atoms with E-state index in [9.17, 15) is 9.18 Å². The van der Waals surface area contributed by atoms with E-state index in [-0.39, 0.29) is 11.7 Å². The molecule has 6 nitrogen and oxygen atoms in total. The van der Waals surface area contributed by atoms with Gasteiger partial charge >= 0.3 is 0 Å². The number of carbonyl (C=O) groups excluding carboxylic acids is 1. The maximum Gasteiger partial charge on any atom is 0.251 e. The highest BCUT2D eigenvalue weighted by atomic mass is 32.2. The Bertz CT molecular complexity index is 1250. The molecular formula is C26H25FN4O2S. The van der Waals surface area contributed by atoms with E-state index < -0.39 is 6.04 Å². The van der Waals surface area contributed by atoms with Gasteiger partial charge in [0, 0.05) is 18.4 Å². The molecule has 0 radical (unpaired) electrons. The SMILES string of the molecule is COc1ccc(C(=O)NC(Cc2ccccc2)c2nnc(SCc3ccccc3F)n2C)cc1. The maximum atomic E-state index is 14.0. The van der Waals surface area contributed by atoms with Gasteiger partial charge in [-0.3, -0.25) is 4.79 Å². The number of amides is 1. The molecule has 0 saturated carbocycles. The number of aromatic nitrogens is 3. The van der Waals surface area contributed by atoms with E-state index in [4.69, 9.17) is 4.74 Å². The third-order valence-corrected chi connectivity index (χ3v) is 6.50. The molecule has 0 aliphatic heterocycles. The molecule has 0 aliphatic rings. The molecule has 4 rings (SSSR count). The zero-order valence-electron chi connectivity index (χ0n) is 18.9. The third kappa shape index (κ3) is 5.63. The van der Waals surface area contributed by atoms with Gasteiger partial charge in [-0.1, -0.05) is 60.3 Å². The molecule has 1 unspecified atom stereocenters. The van der Waals surface area contributed by atoms with Crippen LogP contribution >= 0.6 is 11.8 Å². The monoisotopic (exact) mass is 476 g/mol. The first-order chi connectivity index (χ1) is 16.5. The zero-order chi connectivity index (χ0) is 23.9. The number of halogens is 1. The van der Waals surface area contributed by atoms with Crippen LogP contribution in [-0.4, -0.2) is 27.8 Å². The van der Waals surface area contributed by atoms with Crippen LogP contribution in [0.3, 0.4) is 0 Å². The molecule has 1 aromatic heterocycles. The van der Waals surface area contributed by atoms with Gasteiger partial charge in [0.15, 0.2) is 11.0 Å². The highest BCUT2D eigenvalue weighted by Crippen LogP contribution is 2.26. The second-order valence-electron chi connectivity index (χ2n) is 7.72. The molecule has 1 atom stereocenters. The first-order valence-electron chi connectivity index (χ1n) is 10.8. The number of hydrogen-bond donors (Lipinski definition) is 1. The molecule has 0 spiro atoms. The first-order valence-corrected chi connectivity index (χ1v) is 11.8. The van der Waals surface area contributed by atoms with Crippen LogP contribution in [0.2, 0.25) is 0 Å². The molecule has 4 aromatic rings. The number of carbonyl (C=O) groups is 1. The van der Waals surface area contributed by atoms with Gasteiger partial charge in [-0.2, -0.15) is 0 Å². The Hall–Kier alpha value is -3.65. The fourth-order valence-corrected chi connectivity index (χ4v) is 4.46. The average molecular weight is 477 g/mol. The minimum atomic E-state index is -0.405. The van der Waals surface area contributed by atoms with Crippen LogP contribution < -0.4 is 10.1 Å². The summed E-state index contributed by atoms with van der Waals surface area (Å²) in [6, 6.07) is 23.1. The smallest absolute Gasteiger partial charge is 0.251 e. The maximum absolute atomic E-state index is 14.0. The summed E-state index contributed by atoms with van der Waals surface area (Å²) in [7, 11) is 3.44. The van der Waals surface area contributed by atoms with Gasteiger partial charge in [0.2, 0.25) is 0 Å². The normalized spacial score (nSPS) is 11.7. The van der Waals surface area contributed by atoms with Crippen molar-refractivity contribution in [2.45, 2.75) is 23.4 Å².